The predicted molar refractivity (Wildman–Crippen MR) is 126 cm³/mol. The largest absolute Gasteiger partial charge is 0.282 e. The Labute approximate surface area is 186 Å². The van der Waals surface area contributed by atoms with Crippen molar-refractivity contribution in [3.63, 3.8) is 0 Å². The Kier molecular flexibility index (Phi) is 4.79. The van der Waals surface area contributed by atoms with Gasteiger partial charge < -0.3 is 0 Å². The normalized spacial score (nSPS) is 14.9. The fourth-order valence-corrected chi connectivity index (χ4v) is 4.64. The summed E-state index contributed by atoms with van der Waals surface area (Å²) >= 11 is 0. The molecule has 0 fully saturated rings. The van der Waals surface area contributed by atoms with Crippen molar-refractivity contribution in [1.82, 2.24) is 10.3 Å². The molecule has 0 radical (unpaired) electrons. The van der Waals surface area contributed by atoms with E-state index in [-0.39, 0.29) is 4.90 Å². The van der Waals surface area contributed by atoms with Crippen molar-refractivity contribution in [2.45, 2.75) is 18.7 Å². The highest BCUT2D eigenvalue weighted by atomic mass is 32.2. The SMILES string of the molecule is CC1=CN2C(c3ccc(NS(=O)(=O)c4ccc(C)cc4)cc3)=Nc3ccccc3C2=NN1. The van der Waals surface area contributed by atoms with Crippen molar-refractivity contribution < 1.29 is 8.42 Å². The molecule has 160 valence electrons. The molecular weight excluding hydrogens is 422 g/mol. The summed E-state index contributed by atoms with van der Waals surface area (Å²) in [5, 5.41) is 4.51. The quantitative estimate of drug-likeness (QED) is 0.629. The molecule has 0 aliphatic carbocycles. The van der Waals surface area contributed by atoms with Gasteiger partial charge in [-0.2, -0.15) is 5.10 Å². The molecule has 0 saturated carbocycles. The Hall–Kier alpha value is -3.91. The van der Waals surface area contributed by atoms with E-state index < -0.39 is 10.0 Å². The number of nitrogens with zero attached hydrogens (tertiary/aromatic N) is 3. The molecule has 3 aromatic carbocycles. The molecule has 8 heteroatoms. The molecule has 2 aliphatic rings. The van der Waals surface area contributed by atoms with Gasteiger partial charge in [0.15, 0.2) is 5.84 Å². The zero-order valence-corrected chi connectivity index (χ0v) is 18.4. The average molecular weight is 444 g/mol. The Morgan fingerprint density at radius 1 is 0.875 bits per heavy atom. The molecule has 0 saturated heterocycles. The minimum Gasteiger partial charge on any atom is -0.282 e. The summed E-state index contributed by atoms with van der Waals surface area (Å²) < 4.78 is 28.0. The summed E-state index contributed by atoms with van der Waals surface area (Å²) in [6, 6.07) is 21.8. The van der Waals surface area contributed by atoms with Gasteiger partial charge in [-0.3, -0.25) is 15.0 Å². The molecule has 32 heavy (non-hydrogen) atoms. The molecule has 0 atom stereocenters. The second kappa shape index (κ2) is 7.65. The number of benzene rings is 3. The summed E-state index contributed by atoms with van der Waals surface area (Å²) in [6.45, 7) is 3.85. The standard InChI is InChI=1S/C24H21N5O2S/c1-16-7-13-20(14-8-16)32(30,31)28-19-11-9-18(10-12-19)23-25-22-6-4-3-5-21(22)24-27-26-17(2)15-29(23)24/h3-15,26,28H,1-2H3. The first-order valence-corrected chi connectivity index (χ1v) is 11.6. The highest BCUT2D eigenvalue weighted by Gasteiger charge is 2.28. The second-order valence-electron chi connectivity index (χ2n) is 7.68. The number of nitrogens with one attached hydrogen (secondary N) is 2. The average Bonchev–Trinajstić information content (AvgIpc) is 2.79. The minimum atomic E-state index is -3.66. The number of hydrogen-bond acceptors (Lipinski definition) is 6. The van der Waals surface area contributed by atoms with E-state index in [9.17, 15) is 8.42 Å². The summed E-state index contributed by atoms with van der Waals surface area (Å²) in [4.78, 5) is 7.01. The monoisotopic (exact) mass is 443 g/mol. The number of hydrazone groups is 1. The van der Waals surface area contributed by atoms with E-state index in [1.807, 2.05) is 61.3 Å². The maximum absolute atomic E-state index is 12.7. The smallest absolute Gasteiger partial charge is 0.261 e. The van der Waals surface area contributed by atoms with Crippen molar-refractivity contribution in [2.75, 3.05) is 4.72 Å². The number of para-hydroxylation sites is 1. The first-order chi connectivity index (χ1) is 15.4. The molecule has 0 amide bonds. The molecule has 2 heterocycles. The molecule has 3 aromatic rings. The van der Waals surface area contributed by atoms with Crippen LogP contribution in [0.5, 0.6) is 0 Å². The second-order valence-corrected chi connectivity index (χ2v) is 9.36. The van der Waals surface area contributed by atoms with Crippen LogP contribution >= 0.6 is 0 Å². The van der Waals surface area contributed by atoms with E-state index in [4.69, 9.17) is 4.99 Å². The summed E-state index contributed by atoms with van der Waals surface area (Å²) in [7, 11) is -3.66. The minimum absolute atomic E-state index is 0.225. The van der Waals surface area contributed by atoms with Gasteiger partial charge in [-0.15, -0.1) is 0 Å². The molecular formula is C24H21N5O2S. The molecule has 2 N–H and O–H groups in total. The van der Waals surface area contributed by atoms with Gasteiger partial charge in [0.2, 0.25) is 0 Å². The lowest BCUT2D eigenvalue weighted by molar-refractivity contribution is 0.601. The third kappa shape index (κ3) is 3.65. The van der Waals surface area contributed by atoms with Crippen LogP contribution in [0.1, 0.15) is 23.6 Å². The van der Waals surface area contributed by atoms with Crippen molar-refractivity contribution in [1.29, 1.82) is 0 Å². The molecule has 2 aliphatic heterocycles. The Balaban J connectivity index is 1.47. The third-order valence-electron chi connectivity index (χ3n) is 5.22. The van der Waals surface area contributed by atoms with Crippen LogP contribution in [0.3, 0.4) is 0 Å². The van der Waals surface area contributed by atoms with Crippen LogP contribution in [-0.4, -0.2) is 25.0 Å². The van der Waals surface area contributed by atoms with Gasteiger partial charge >= 0.3 is 0 Å². The fraction of sp³-hybridized carbons (Fsp3) is 0.0833. The van der Waals surface area contributed by atoms with Crippen LogP contribution in [-0.2, 0) is 10.0 Å². The summed E-state index contributed by atoms with van der Waals surface area (Å²) in [6.07, 6.45) is 1.95. The number of fused-ring (bicyclic) bond motifs is 3. The number of amidine groups is 2. The molecule has 0 unspecified atom stereocenters. The van der Waals surface area contributed by atoms with Crippen LogP contribution in [0.15, 0.2) is 99.7 Å². The van der Waals surface area contributed by atoms with Gasteiger partial charge in [-0.25, -0.2) is 13.4 Å². The highest BCUT2D eigenvalue weighted by molar-refractivity contribution is 7.92. The Bertz CT molecular complexity index is 1390. The first-order valence-electron chi connectivity index (χ1n) is 10.1. The van der Waals surface area contributed by atoms with Crippen LogP contribution in [0, 0.1) is 6.92 Å². The molecule has 0 aromatic heterocycles. The summed E-state index contributed by atoms with van der Waals surface area (Å²) in [5.41, 5.74) is 8.01. The molecule has 5 rings (SSSR count). The molecule has 7 nitrogen and oxygen atoms in total. The van der Waals surface area contributed by atoms with E-state index in [0.717, 1.165) is 39.7 Å². The van der Waals surface area contributed by atoms with Crippen molar-refractivity contribution in [2.24, 2.45) is 10.1 Å². The van der Waals surface area contributed by atoms with Crippen LogP contribution in [0.4, 0.5) is 11.4 Å². The lowest BCUT2D eigenvalue weighted by Crippen LogP contribution is -2.40. The van der Waals surface area contributed by atoms with Gasteiger partial charge in [0, 0.05) is 28.7 Å². The topological polar surface area (TPSA) is 86.2 Å². The Morgan fingerprint density at radius 3 is 2.34 bits per heavy atom. The van der Waals surface area contributed by atoms with E-state index in [2.05, 4.69) is 15.2 Å². The van der Waals surface area contributed by atoms with Crippen molar-refractivity contribution >= 4 is 33.1 Å². The zero-order chi connectivity index (χ0) is 22.3. The van der Waals surface area contributed by atoms with Gasteiger partial charge in [-0.1, -0.05) is 29.8 Å². The third-order valence-corrected chi connectivity index (χ3v) is 6.61. The Morgan fingerprint density at radius 2 is 1.59 bits per heavy atom. The van der Waals surface area contributed by atoms with Crippen molar-refractivity contribution in [3.8, 4) is 0 Å². The van der Waals surface area contributed by atoms with Gasteiger partial charge in [-0.05, 0) is 62.4 Å². The highest BCUT2D eigenvalue weighted by Crippen LogP contribution is 2.30. The van der Waals surface area contributed by atoms with Gasteiger partial charge in [0.1, 0.15) is 5.84 Å². The maximum atomic E-state index is 12.7. The summed E-state index contributed by atoms with van der Waals surface area (Å²) in [5.74, 6) is 1.48. The number of aliphatic imine (C=N–C) groups is 1. The van der Waals surface area contributed by atoms with E-state index >= 15 is 0 Å². The lowest BCUT2D eigenvalue weighted by atomic mass is 10.1. The number of sulfonamides is 1. The number of anilines is 1. The number of aryl methyl sites for hydroxylation is 1. The molecule has 0 spiro atoms. The van der Waals surface area contributed by atoms with E-state index in [0.29, 0.717) is 5.69 Å². The van der Waals surface area contributed by atoms with Gasteiger partial charge in [0.25, 0.3) is 10.0 Å². The number of rotatable bonds is 4. The number of hydrogen-bond donors (Lipinski definition) is 2. The van der Waals surface area contributed by atoms with E-state index in [1.165, 1.54) is 0 Å². The van der Waals surface area contributed by atoms with Crippen molar-refractivity contribution in [3.05, 3.63) is 101 Å². The zero-order valence-electron chi connectivity index (χ0n) is 17.6. The van der Waals surface area contributed by atoms with Crippen LogP contribution in [0.25, 0.3) is 0 Å². The molecule has 0 bridgehead atoms. The number of allylic oxidation sites excluding steroid dienone is 1. The van der Waals surface area contributed by atoms with Crippen LogP contribution in [0.2, 0.25) is 0 Å². The van der Waals surface area contributed by atoms with E-state index in [1.54, 1.807) is 36.4 Å². The van der Waals surface area contributed by atoms with Crippen LogP contribution < -0.4 is 10.1 Å². The fourth-order valence-electron chi connectivity index (χ4n) is 3.58. The first kappa shape index (κ1) is 20.0. The predicted octanol–water partition coefficient (Wildman–Crippen LogP) is 4.32. The maximum Gasteiger partial charge on any atom is 0.261 e. The van der Waals surface area contributed by atoms with Gasteiger partial charge in [0.05, 0.1) is 10.6 Å². The lowest BCUT2D eigenvalue weighted by Gasteiger charge is -2.32.